The number of fused-ring (bicyclic) bond motifs is 5. The van der Waals surface area contributed by atoms with Crippen molar-refractivity contribution in [2.45, 2.75) is 25.7 Å². The number of rotatable bonds is 2. The first-order chi connectivity index (χ1) is 14.3. The number of anilines is 1. The molecule has 1 aliphatic carbocycles. The summed E-state index contributed by atoms with van der Waals surface area (Å²) in [6.07, 6.45) is 4.92. The Morgan fingerprint density at radius 3 is 2.76 bits per heavy atom. The van der Waals surface area contributed by atoms with E-state index in [-0.39, 0.29) is 14.5 Å². The van der Waals surface area contributed by atoms with Gasteiger partial charge in [-0.3, -0.25) is 0 Å². The van der Waals surface area contributed by atoms with Gasteiger partial charge in [0.25, 0.3) is 0 Å². The van der Waals surface area contributed by atoms with E-state index in [0.717, 1.165) is 11.1 Å². The third-order valence-corrected chi connectivity index (χ3v) is 8.77. The molecule has 146 valence electrons. The third-order valence-electron chi connectivity index (χ3n) is 6.27. The molecule has 3 heterocycles. The van der Waals surface area contributed by atoms with E-state index in [1.807, 2.05) is 0 Å². The van der Waals surface area contributed by atoms with Crippen molar-refractivity contribution < 1.29 is 0 Å². The molecule has 2 aromatic rings. The normalized spacial score (nSPS) is 16.7. The second kappa shape index (κ2) is 6.94. The SMILES string of the molecule is NCCN=c1cc2[se]c3c4c5c(cc3nc-2c2ccccc12)CCCN5CCC4. The molecule has 29 heavy (non-hydrogen) atoms. The van der Waals surface area contributed by atoms with Gasteiger partial charge in [-0.2, -0.15) is 0 Å². The quantitative estimate of drug-likeness (QED) is 0.292. The van der Waals surface area contributed by atoms with Crippen LogP contribution in [-0.2, 0) is 12.8 Å². The predicted octanol–water partition coefficient (Wildman–Crippen LogP) is 3.11. The van der Waals surface area contributed by atoms with Gasteiger partial charge in [-0.05, 0) is 0 Å². The molecule has 0 bridgehead atoms. The Hall–Kier alpha value is -2.20. The van der Waals surface area contributed by atoms with E-state index in [1.165, 1.54) is 69.3 Å². The van der Waals surface area contributed by atoms with Crippen molar-refractivity contribution >= 4 is 40.7 Å². The van der Waals surface area contributed by atoms with Crippen molar-refractivity contribution in [3.05, 3.63) is 52.9 Å². The number of nitrogens with two attached hydrogens (primary N) is 1. The summed E-state index contributed by atoms with van der Waals surface area (Å²) in [7, 11) is 0. The van der Waals surface area contributed by atoms with Crippen LogP contribution >= 0.6 is 0 Å². The van der Waals surface area contributed by atoms with Gasteiger partial charge in [0.1, 0.15) is 0 Å². The van der Waals surface area contributed by atoms with Crippen molar-refractivity contribution in [3.8, 4) is 10.1 Å². The fourth-order valence-corrected chi connectivity index (χ4v) is 7.53. The van der Waals surface area contributed by atoms with Crippen molar-refractivity contribution in [1.82, 2.24) is 4.98 Å². The minimum atomic E-state index is 0.258. The molecule has 0 saturated heterocycles. The van der Waals surface area contributed by atoms with Crippen LogP contribution in [0.4, 0.5) is 5.69 Å². The molecule has 0 fully saturated rings. The monoisotopic (exact) mass is 448 g/mol. The molecule has 4 aliphatic rings. The van der Waals surface area contributed by atoms with Crippen LogP contribution in [0, 0.1) is 0 Å². The summed E-state index contributed by atoms with van der Waals surface area (Å²) in [6.45, 7) is 3.67. The summed E-state index contributed by atoms with van der Waals surface area (Å²) in [6, 6.07) is 13.3. The number of hydrogen-bond donors (Lipinski definition) is 1. The summed E-state index contributed by atoms with van der Waals surface area (Å²) in [5.41, 5.74) is 12.8. The fourth-order valence-electron chi connectivity index (χ4n) is 5.07. The van der Waals surface area contributed by atoms with Gasteiger partial charge in [0.2, 0.25) is 0 Å². The molecule has 0 radical (unpaired) electrons. The van der Waals surface area contributed by atoms with Gasteiger partial charge >= 0.3 is 176 Å². The van der Waals surface area contributed by atoms with Crippen LogP contribution in [0.25, 0.3) is 30.7 Å². The topological polar surface area (TPSA) is 54.5 Å². The molecule has 0 aromatic heterocycles. The second-order valence-electron chi connectivity index (χ2n) is 8.08. The van der Waals surface area contributed by atoms with Crippen molar-refractivity contribution in [2.24, 2.45) is 10.7 Å². The molecule has 0 amide bonds. The fraction of sp³-hybridized carbons (Fsp3) is 0.333. The molecule has 0 spiro atoms. The summed E-state index contributed by atoms with van der Waals surface area (Å²) >= 11 is 0.258. The Morgan fingerprint density at radius 2 is 1.90 bits per heavy atom. The van der Waals surface area contributed by atoms with Gasteiger partial charge in [-0.15, -0.1) is 0 Å². The summed E-state index contributed by atoms with van der Waals surface area (Å²) in [5, 5.41) is 3.48. The van der Waals surface area contributed by atoms with Gasteiger partial charge in [0.15, 0.2) is 0 Å². The molecule has 4 nitrogen and oxygen atoms in total. The third kappa shape index (κ3) is 2.76. The van der Waals surface area contributed by atoms with Gasteiger partial charge in [-0.25, -0.2) is 0 Å². The number of aryl methyl sites for hydroxylation is 2. The molecule has 3 aliphatic heterocycles. The maximum absolute atomic E-state index is 5.73. The number of benzene rings is 3. The summed E-state index contributed by atoms with van der Waals surface area (Å²) in [4.78, 5) is 12.7. The first kappa shape index (κ1) is 17.6. The first-order valence-corrected chi connectivity index (χ1v) is 12.3. The van der Waals surface area contributed by atoms with Crippen LogP contribution in [0.15, 0.2) is 41.4 Å². The summed E-state index contributed by atoms with van der Waals surface area (Å²) in [5.74, 6) is 0. The van der Waals surface area contributed by atoms with E-state index < -0.39 is 0 Å². The average Bonchev–Trinajstić information content (AvgIpc) is 2.77. The van der Waals surface area contributed by atoms with E-state index in [4.69, 9.17) is 15.7 Å². The number of nitrogens with zero attached hydrogens (tertiary/aromatic N) is 3. The van der Waals surface area contributed by atoms with Crippen molar-refractivity contribution in [1.29, 1.82) is 0 Å². The molecule has 2 N–H and O–H groups in total. The molecule has 2 aromatic carbocycles. The standard InChI is InChI=1S/C24H24N4Se/c25-9-10-26-19-14-21-22(17-7-2-1-6-16(17)19)27-20-13-15-5-3-11-28-12-4-8-18(23(15)28)24(20)29-21/h1-2,6-7,13-14H,3-5,8-12,25H2. The van der Waals surface area contributed by atoms with Crippen molar-refractivity contribution in [2.75, 3.05) is 31.1 Å². The average molecular weight is 447 g/mol. The Balaban J connectivity index is 1.72. The zero-order chi connectivity index (χ0) is 19.4. The van der Waals surface area contributed by atoms with Crippen LogP contribution in [0.2, 0.25) is 0 Å². The molecule has 0 saturated carbocycles. The second-order valence-corrected chi connectivity index (χ2v) is 10.3. The Labute approximate surface area is 176 Å². The predicted molar refractivity (Wildman–Crippen MR) is 121 cm³/mol. The Morgan fingerprint density at radius 1 is 1.07 bits per heavy atom. The van der Waals surface area contributed by atoms with E-state index in [0.29, 0.717) is 13.1 Å². The molecular formula is C24H24N4Se. The summed E-state index contributed by atoms with van der Waals surface area (Å²) < 4.78 is 2.87. The van der Waals surface area contributed by atoms with Gasteiger partial charge in [0.05, 0.1) is 0 Å². The van der Waals surface area contributed by atoms with Crippen molar-refractivity contribution in [3.63, 3.8) is 0 Å². The van der Waals surface area contributed by atoms with Gasteiger partial charge < -0.3 is 0 Å². The molecule has 0 unspecified atom stereocenters. The van der Waals surface area contributed by atoms with Crippen LogP contribution < -0.4 is 16.0 Å². The zero-order valence-electron chi connectivity index (χ0n) is 16.4. The first-order valence-electron chi connectivity index (χ1n) is 10.6. The van der Waals surface area contributed by atoms with Gasteiger partial charge in [-0.1, -0.05) is 0 Å². The zero-order valence-corrected chi connectivity index (χ0v) is 18.2. The molecule has 5 heteroatoms. The van der Waals surface area contributed by atoms with E-state index in [1.54, 1.807) is 11.3 Å². The van der Waals surface area contributed by atoms with Crippen LogP contribution in [0.3, 0.4) is 0 Å². The minimum absolute atomic E-state index is 0.258. The Kier molecular flexibility index (Phi) is 4.22. The van der Waals surface area contributed by atoms with E-state index in [9.17, 15) is 0 Å². The van der Waals surface area contributed by atoms with Crippen LogP contribution in [-0.4, -0.2) is 45.7 Å². The van der Waals surface area contributed by atoms with E-state index in [2.05, 4.69) is 41.3 Å². The van der Waals surface area contributed by atoms with Crippen LogP contribution in [0.1, 0.15) is 24.0 Å². The maximum atomic E-state index is 5.73. The van der Waals surface area contributed by atoms with Crippen LogP contribution in [0.5, 0.6) is 0 Å². The number of hydrogen-bond acceptors (Lipinski definition) is 4. The molecule has 6 rings (SSSR count). The number of aromatic nitrogens is 1. The van der Waals surface area contributed by atoms with E-state index >= 15 is 0 Å². The van der Waals surface area contributed by atoms with Gasteiger partial charge in [0, 0.05) is 0 Å². The molecule has 0 atom stereocenters. The Bertz CT molecular complexity index is 1290. The molecular weight excluding hydrogens is 423 g/mol.